The molecule has 0 spiro atoms. The van der Waals surface area contributed by atoms with E-state index in [-0.39, 0.29) is 0 Å². The van der Waals surface area contributed by atoms with Crippen molar-refractivity contribution in [1.82, 2.24) is 5.32 Å². The number of hydrogen-bond acceptors (Lipinski definition) is 3. The number of nitrogens with one attached hydrogen (secondary N) is 1. The molecule has 1 N–H and O–H groups in total. The van der Waals surface area contributed by atoms with E-state index in [1.807, 2.05) is 20.0 Å². The number of benzene rings is 1. The highest BCUT2D eigenvalue weighted by molar-refractivity contribution is 7.99. The third-order valence-corrected chi connectivity index (χ3v) is 3.88. The quantitative estimate of drug-likeness (QED) is 0.890. The molecule has 0 radical (unpaired) electrons. The predicted octanol–water partition coefficient (Wildman–Crippen LogP) is 3.77. The lowest BCUT2D eigenvalue weighted by atomic mass is 10.1. The van der Waals surface area contributed by atoms with Gasteiger partial charge in [-0.15, -0.1) is 0 Å². The zero-order chi connectivity index (χ0) is 12.3. The normalized spacial score (nSPS) is 10.8. The van der Waals surface area contributed by atoms with Crippen molar-refractivity contribution in [1.29, 1.82) is 0 Å². The minimum Gasteiger partial charge on any atom is -0.468 e. The molecule has 2 nitrogen and oxygen atoms in total. The molecule has 0 saturated carbocycles. The minimum atomic E-state index is 0.890. The van der Waals surface area contributed by atoms with Crippen molar-refractivity contribution in [3.63, 3.8) is 0 Å². The van der Waals surface area contributed by atoms with Gasteiger partial charge in [-0.05, 0) is 38.6 Å². The molecule has 0 amide bonds. The average Bonchev–Trinajstić information content (AvgIpc) is 2.69. The maximum atomic E-state index is 5.32. The first-order valence-corrected chi connectivity index (χ1v) is 6.48. The van der Waals surface area contributed by atoms with Crippen LogP contribution in [-0.4, -0.2) is 7.05 Å². The van der Waals surface area contributed by atoms with Gasteiger partial charge in [-0.2, -0.15) is 0 Å². The Hall–Kier alpha value is -1.19. The SMILES string of the molecule is CNCc1cc(C)ccc1Sc1ccoc1C. The average molecular weight is 247 g/mol. The van der Waals surface area contributed by atoms with Crippen molar-refractivity contribution in [3.05, 3.63) is 47.4 Å². The van der Waals surface area contributed by atoms with Gasteiger partial charge in [0.15, 0.2) is 0 Å². The lowest BCUT2D eigenvalue weighted by molar-refractivity contribution is 0.527. The molecular weight excluding hydrogens is 230 g/mol. The molecule has 0 fully saturated rings. The Bertz CT molecular complexity index is 505. The van der Waals surface area contributed by atoms with Crippen LogP contribution in [0, 0.1) is 13.8 Å². The van der Waals surface area contributed by atoms with E-state index in [9.17, 15) is 0 Å². The first kappa shape index (κ1) is 12.3. The molecule has 0 atom stereocenters. The van der Waals surface area contributed by atoms with E-state index >= 15 is 0 Å². The standard InChI is InChI=1S/C14H17NOS/c1-10-4-5-14(12(8-10)9-15-3)17-13-6-7-16-11(13)2/h4-8,15H,9H2,1-3H3. The summed E-state index contributed by atoms with van der Waals surface area (Å²) in [5, 5.41) is 3.21. The van der Waals surface area contributed by atoms with Crippen molar-refractivity contribution in [2.24, 2.45) is 0 Å². The number of furan rings is 1. The second-order valence-electron chi connectivity index (χ2n) is 4.08. The largest absolute Gasteiger partial charge is 0.468 e. The van der Waals surface area contributed by atoms with E-state index < -0.39 is 0 Å². The van der Waals surface area contributed by atoms with E-state index in [0.29, 0.717) is 0 Å². The van der Waals surface area contributed by atoms with Crippen LogP contribution in [0.4, 0.5) is 0 Å². The Morgan fingerprint density at radius 2 is 2.00 bits per heavy atom. The van der Waals surface area contributed by atoms with Crippen molar-refractivity contribution >= 4 is 11.8 Å². The van der Waals surface area contributed by atoms with E-state index in [2.05, 4.69) is 30.4 Å². The topological polar surface area (TPSA) is 25.2 Å². The van der Waals surface area contributed by atoms with Crippen LogP contribution in [0.2, 0.25) is 0 Å². The van der Waals surface area contributed by atoms with Crippen LogP contribution in [0.25, 0.3) is 0 Å². The van der Waals surface area contributed by atoms with Gasteiger partial charge in [-0.1, -0.05) is 29.5 Å². The molecule has 0 aliphatic heterocycles. The highest BCUT2D eigenvalue weighted by Crippen LogP contribution is 2.33. The van der Waals surface area contributed by atoms with Gasteiger partial charge in [0, 0.05) is 11.4 Å². The third kappa shape index (κ3) is 2.93. The maximum Gasteiger partial charge on any atom is 0.114 e. The van der Waals surface area contributed by atoms with Gasteiger partial charge in [0.2, 0.25) is 0 Å². The van der Waals surface area contributed by atoms with Crippen LogP contribution < -0.4 is 5.32 Å². The van der Waals surface area contributed by atoms with Crippen molar-refractivity contribution in [2.75, 3.05) is 7.05 Å². The fraction of sp³-hybridized carbons (Fsp3) is 0.286. The molecule has 2 aromatic rings. The molecule has 0 aliphatic carbocycles. The fourth-order valence-corrected chi connectivity index (χ4v) is 2.68. The highest BCUT2D eigenvalue weighted by Gasteiger charge is 2.07. The van der Waals surface area contributed by atoms with Gasteiger partial charge in [0.25, 0.3) is 0 Å². The van der Waals surface area contributed by atoms with Crippen LogP contribution in [0.3, 0.4) is 0 Å². The van der Waals surface area contributed by atoms with Gasteiger partial charge in [0.05, 0.1) is 11.2 Å². The fourth-order valence-electron chi connectivity index (χ4n) is 1.73. The lowest BCUT2D eigenvalue weighted by Crippen LogP contribution is -2.06. The Kier molecular flexibility index (Phi) is 3.92. The lowest BCUT2D eigenvalue weighted by Gasteiger charge is -2.09. The molecule has 1 heterocycles. The summed E-state index contributed by atoms with van der Waals surface area (Å²) in [5.41, 5.74) is 2.63. The second-order valence-corrected chi connectivity index (χ2v) is 5.17. The van der Waals surface area contributed by atoms with Crippen LogP contribution >= 0.6 is 11.8 Å². The predicted molar refractivity (Wildman–Crippen MR) is 71.5 cm³/mol. The van der Waals surface area contributed by atoms with Gasteiger partial charge in [-0.25, -0.2) is 0 Å². The molecule has 90 valence electrons. The van der Waals surface area contributed by atoms with E-state index in [0.717, 1.165) is 12.3 Å². The smallest absolute Gasteiger partial charge is 0.114 e. The summed E-state index contributed by atoms with van der Waals surface area (Å²) < 4.78 is 5.32. The second kappa shape index (κ2) is 5.43. The summed E-state index contributed by atoms with van der Waals surface area (Å²) in [6.07, 6.45) is 1.74. The summed E-state index contributed by atoms with van der Waals surface area (Å²) in [6.45, 7) is 5.01. The summed E-state index contributed by atoms with van der Waals surface area (Å²) in [6, 6.07) is 8.58. The van der Waals surface area contributed by atoms with Crippen molar-refractivity contribution in [3.8, 4) is 0 Å². The van der Waals surface area contributed by atoms with Gasteiger partial charge in [-0.3, -0.25) is 0 Å². The zero-order valence-corrected chi connectivity index (χ0v) is 11.2. The Labute approximate surface area is 106 Å². The Balaban J connectivity index is 2.29. The first-order valence-electron chi connectivity index (χ1n) is 5.67. The van der Waals surface area contributed by atoms with Crippen molar-refractivity contribution < 1.29 is 4.42 Å². The Morgan fingerprint density at radius 1 is 1.18 bits per heavy atom. The molecule has 3 heteroatoms. The van der Waals surface area contributed by atoms with Gasteiger partial charge in [0.1, 0.15) is 5.76 Å². The first-order chi connectivity index (χ1) is 8.20. The molecule has 2 rings (SSSR count). The minimum absolute atomic E-state index is 0.890. The Morgan fingerprint density at radius 3 is 2.65 bits per heavy atom. The van der Waals surface area contributed by atoms with Crippen LogP contribution in [0.15, 0.2) is 44.7 Å². The highest BCUT2D eigenvalue weighted by atomic mass is 32.2. The summed E-state index contributed by atoms with van der Waals surface area (Å²) in [7, 11) is 1.97. The van der Waals surface area contributed by atoms with E-state index in [4.69, 9.17) is 4.42 Å². The summed E-state index contributed by atoms with van der Waals surface area (Å²) in [5.74, 6) is 0.978. The molecular formula is C14H17NOS. The van der Waals surface area contributed by atoms with E-state index in [1.165, 1.54) is 20.9 Å². The summed E-state index contributed by atoms with van der Waals surface area (Å²) in [4.78, 5) is 2.47. The molecule has 0 unspecified atom stereocenters. The van der Waals surface area contributed by atoms with Gasteiger partial charge >= 0.3 is 0 Å². The molecule has 1 aromatic carbocycles. The van der Waals surface area contributed by atoms with Crippen LogP contribution in [0.5, 0.6) is 0 Å². The molecule has 1 aromatic heterocycles. The van der Waals surface area contributed by atoms with Crippen molar-refractivity contribution in [2.45, 2.75) is 30.2 Å². The number of rotatable bonds is 4. The van der Waals surface area contributed by atoms with Crippen LogP contribution in [0.1, 0.15) is 16.9 Å². The van der Waals surface area contributed by atoms with Crippen LogP contribution in [-0.2, 0) is 6.54 Å². The van der Waals surface area contributed by atoms with E-state index in [1.54, 1.807) is 18.0 Å². The molecule has 0 aliphatic rings. The number of aryl methyl sites for hydroxylation is 2. The molecule has 0 bridgehead atoms. The monoisotopic (exact) mass is 247 g/mol. The third-order valence-electron chi connectivity index (χ3n) is 2.61. The molecule has 0 saturated heterocycles. The van der Waals surface area contributed by atoms with Gasteiger partial charge < -0.3 is 9.73 Å². The zero-order valence-electron chi connectivity index (χ0n) is 10.4. The summed E-state index contributed by atoms with van der Waals surface area (Å²) >= 11 is 1.76. The maximum absolute atomic E-state index is 5.32. The number of hydrogen-bond donors (Lipinski definition) is 1. The molecule has 17 heavy (non-hydrogen) atoms.